The first-order valence-corrected chi connectivity index (χ1v) is 14.8. The summed E-state index contributed by atoms with van der Waals surface area (Å²) in [5, 5.41) is 42.9. The minimum Gasteiger partial charge on any atom is -0.481 e. The first-order chi connectivity index (χ1) is 18.0. The van der Waals surface area contributed by atoms with Gasteiger partial charge in [0.25, 0.3) is 5.91 Å². The Morgan fingerprint density at radius 2 is 1.42 bits per heavy atom. The predicted octanol–water partition coefficient (Wildman–Crippen LogP) is 4.16. The van der Waals surface area contributed by atoms with Crippen LogP contribution in [0.1, 0.15) is 118 Å². The second-order valence-electron chi connectivity index (χ2n) is 12.0. The summed E-state index contributed by atoms with van der Waals surface area (Å²) in [4.78, 5) is 24.1. The fraction of sp³-hybridized carbons (Fsp3) is 0.931. The Kier molecular flexibility index (Phi) is 17.3. The van der Waals surface area contributed by atoms with Crippen molar-refractivity contribution in [3.63, 3.8) is 0 Å². The van der Waals surface area contributed by atoms with Crippen LogP contribution in [0.15, 0.2) is 0 Å². The molecular formula is C29H55NO8. The van der Waals surface area contributed by atoms with Crippen LogP contribution in [-0.4, -0.2) is 76.2 Å². The molecule has 0 bridgehead atoms. The van der Waals surface area contributed by atoms with Crippen LogP contribution in [-0.2, 0) is 19.1 Å². The molecule has 1 fully saturated rings. The van der Waals surface area contributed by atoms with Crippen molar-refractivity contribution in [1.82, 2.24) is 5.32 Å². The van der Waals surface area contributed by atoms with Crippen molar-refractivity contribution in [2.24, 2.45) is 11.3 Å². The van der Waals surface area contributed by atoms with Gasteiger partial charge in [0.1, 0.15) is 18.3 Å². The van der Waals surface area contributed by atoms with Gasteiger partial charge in [-0.1, -0.05) is 91.9 Å². The van der Waals surface area contributed by atoms with E-state index in [4.69, 9.17) is 9.47 Å². The number of carboxylic acid groups (broad SMARTS) is 1. The lowest BCUT2D eigenvalue weighted by molar-refractivity contribution is -0.290. The molecule has 5 N–H and O–H groups in total. The summed E-state index contributed by atoms with van der Waals surface area (Å²) >= 11 is 0. The molecule has 1 heterocycles. The van der Waals surface area contributed by atoms with Crippen LogP contribution in [0, 0.1) is 11.3 Å². The summed E-state index contributed by atoms with van der Waals surface area (Å²) in [5.74, 6) is -1.83. The summed E-state index contributed by atoms with van der Waals surface area (Å²) in [6.45, 7) is 8.87. The lowest BCUT2D eigenvalue weighted by atomic mass is 9.82. The zero-order chi connectivity index (χ0) is 28.6. The van der Waals surface area contributed by atoms with Crippen LogP contribution in [0.25, 0.3) is 0 Å². The van der Waals surface area contributed by atoms with Crippen LogP contribution < -0.4 is 5.32 Å². The second kappa shape index (κ2) is 18.9. The first kappa shape index (κ1) is 34.8. The summed E-state index contributed by atoms with van der Waals surface area (Å²) < 4.78 is 11.2. The summed E-state index contributed by atoms with van der Waals surface area (Å²) in [6, 6.07) is 0. The molecule has 0 radical (unpaired) electrons. The Balaban J connectivity index is 2.32. The molecule has 6 atom stereocenters. The number of carboxylic acids is 1. The molecule has 38 heavy (non-hydrogen) atoms. The van der Waals surface area contributed by atoms with Gasteiger partial charge in [-0.3, -0.25) is 9.59 Å². The molecule has 0 aromatic carbocycles. The number of aliphatic carboxylic acids is 1. The fourth-order valence-electron chi connectivity index (χ4n) is 4.87. The third kappa shape index (κ3) is 14.2. The molecule has 0 spiro atoms. The number of carbonyl (C=O) groups is 2. The van der Waals surface area contributed by atoms with E-state index in [1.807, 2.05) is 20.8 Å². The summed E-state index contributed by atoms with van der Waals surface area (Å²) in [7, 11) is 0. The topological polar surface area (TPSA) is 146 Å². The first-order valence-electron chi connectivity index (χ1n) is 14.8. The highest BCUT2D eigenvalue weighted by Gasteiger charge is 2.47. The number of aliphatic hydroxyl groups is 3. The molecule has 1 aliphatic heterocycles. The van der Waals surface area contributed by atoms with Crippen LogP contribution >= 0.6 is 0 Å². The smallest absolute Gasteiger partial charge is 0.306 e. The molecule has 0 aromatic heterocycles. The molecule has 224 valence electrons. The molecule has 2 unspecified atom stereocenters. The van der Waals surface area contributed by atoms with E-state index in [-0.39, 0.29) is 12.0 Å². The van der Waals surface area contributed by atoms with Crippen molar-refractivity contribution in [3.05, 3.63) is 0 Å². The van der Waals surface area contributed by atoms with Gasteiger partial charge in [-0.25, -0.2) is 0 Å². The van der Waals surface area contributed by atoms with E-state index in [2.05, 4.69) is 12.2 Å². The minimum absolute atomic E-state index is 0.0801. The number of nitrogens with one attached hydrogen (secondary N) is 1. The number of hydrogen-bond donors (Lipinski definition) is 5. The summed E-state index contributed by atoms with van der Waals surface area (Å²) in [6.07, 6.45) is 6.95. The molecule has 9 heteroatoms. The summed E-state index contributed by atoms with van der Waals surface area (Å²) in [5.41, 5.74) is -0.0801. The van der Waals surface area contributed by atoms with Crippen molar-refractivity contribution >= 4 is 11.9 Å². The van der Waals surface area contributed by atoms with Gasteiger partial charge in [0, 0.05) is 13.2 Å². The number of carbonyl (C=O) groups excluding carboxylic acids is 1. The third-order valence-corrected chi connectivity index (χ3v) is 7.09. The lowest BCUT2D eigenvalue weighted by Crippen LogP contribution is -2.62. The van der Waals surface area contributed by atoms with Gasteiger partial charge < -0.3 is 35.2 Å². The van der Waals surface area contributed by atoms with Crippen LogP contribution in [0.4, 0.5) is 0 Å². The Morgan fingerprint density at radius 1 is 0.842 bits per heavy atom. The molecule has 0 saturated carbocycles. The van der Waals surface area contributed by atoms with E-state index in [9.17, 15) is 30.0 Å². The second-order valence-corrected chi connectivity index (χ2v) is 12.0. The maximum Gasteiger partial charge on any atom is 0.306 e. The highest BCUT2D eigenvalue weighted by atomic mass is 16.7. The number of hydrogen-bond acceptors (Lipinski definition) is 7. The average molecular weight is 546 g/mol. The Morgan fingerprint density at radius 3 is 1.97 bits per heavy atom. The zero-order valence-corrected chi connectivity index (χ0v) is 24.2. The maximum atomic E-state index is 12.6. The maximum absolute atomic E-state index is 12.6. The van der Waals surface area contributed by atoms with E-state index < -0.39 is 48.5 Å². The highest BCUT2D eigenvalue weighted by molar-refractivity contribution is 5.81. The van der Waals surface area contributed by atoms with Crippen molar-refractivity contribution in [2.75, 3.05) is 13.2 Å². The van der Waals surface area contributed by atoms with Gasteiger partial charge in [-0.05, 0) is 31.1 Å². The molecule has 0 aromatic rings. The van der Waals surface area contributed by atoms with E-state index in [1.54, 1.807) is 0 Å². The largest absolute Gasteiger partial charge is 0.481 e. The third-order valence-electron chi connectivity index (χ3n) is 7.09. The van der Waals surface area contributed by atoms with Gasteiger partial charge in [0.05, 0.1) is 5.92 Å². The number of rotatable bonds is 20. The van der Waals surface area contributed by atoms with Crippen LogP contribution in [0.5, 0.6) is 0 Å². The molecule has 1 aliphatic rings. The van der Waals surface area contributed by atoms with Crippen molar-refractivity contribution < 1.29 is 39.5 Å². The van der Waals surface area contributed by atoms with Crippen LogP contribution in [0.2, 0.25) is 0 Å². The highest BCUT2D eigenvalue weighted by Crippen LogP contribution is 2.28. The molecular weight excluding hydrogens is 490 g/mol. The average Bonchev–Trinajstić information content (AvgIpc) is 2.85. The molecule has 9 nitrogen and oxygen atoms in total. The molecule has 1 saturated heterocycles. The Bertz CT molecular complexity index is 653. The zero-order valence-electron chi connectivity index (χ0n) is 24.2. The van der Waals surface area contributed by atoms with Crippen molar-refractivity contribution in [2.45, 2.75) is 148 Å². The SMILES string of the molecule is CCCCCCCCCCCCO[C@@H]1O[C@H](C(=O)NCCCCC(CC(C)(C)C)C(=O)O)C(O)[C@H](O)[C@H]1O. The lowest BCUT2D eigenvalue weighted by Gasteiger charge is -2.39. The van der Waals surface area contributed by atoms with Gasteiger partial charge in [0.2, 0.25) is 0 Å². The predicted molar refractivity (Wildman–Crippen MR) is 147 cm³/mol. The quantitative estimate of drug-likeness (QED) is 0.143. The number of ether oxygens (including phenoxy) is 2. The van der Waals surface area contributed by atoms with Gasteiger partial charge >= 0.3 is 5.97 Å². The van der Waals surface area contributed by atoms with E-state index in [1.165, 1.54) is 44.9 Å². The van der Waals surface area contributed by atoms with Gasteiger partial charge in [-0.15, -0.1) is 0 Å². The number of unbranched alkanes of at least 4 members (excludes halogenated alkanes) is 10. The van der Waals surface area contributed by atoms with Crippen LogP contribution in [0.3, 0.4) is 0 Å². The standard InChI is InChI=1S/C29H55NO8/c1-5-6-7-8-9-10-11-12-13-16-19-37-28-24(33)22(31)23(32)25(38-28)26(34)30-18-15-14-17-21(27(35)36)20-29(2,3)4/h21-25,28,31-33H,5-20H2,1-4H3,(H,30,34)(H,35,36)/t21?,22-,23?,24+,25-,28+/m0/s1. The number of amides is 1. The van der Waals surface area contributed by atoms with Crippen molar-refractivity contribution in [3.8, 4) is 0 Å². The van der Waals surface area contributed by atoms with E-state index in [0.29, 0.717) is 32.3 Å². The van der Waals surface area contributed by atoms with Crippen molar-refractivity contribution in [1.29, 1.82) is 0 Å². The van der Waals surface area contributed by atoms with E-state index >= 15 is 0 Å². The fourth-order valence-corrected chi connectivity index (χ4v) is 4.87. The minimum atomic E-state index is -1.58. The molecule has 1 rings (SSSR count). The Labute approximate surface area is 229 Å². The normalized spacial score (nSPS) is 24.8. The molecule has 1 amide bonds. The van der Waals surface area contributed by atoms with Gasteiger partial charge in [0.15, 0.2) is 12.4 Å². The monoisotopic (exact) mass is 545 g/mol. The molecule has 0 aliphatic carbocycles. The van der Waals surface area contributed by atoms with E-state index in [0.717, 1.165) is 19.3 Å². The Hall–Kier alpha value is -1.26. The number of aliphatic hydroxyl groups excluding tert-OH is 3. The van der Waals surface area contributed by atoms with Gasteiger partial charge in [-0.2, -0.15) is 0 Å².